The average molecular weight is 306 g/mol. The first kappa shape index (κ1) is 15.0. The van der Waals surface area contributed by atoms with Crippen LogP contribution < -0.4 is 5.32 Å². The van der Waals surface area contributed by atoms with E-state index in [9.17, 15) is 4.79 Å². The van der Waals surface area contributed by atoms with Gasteiger partial charge in [0.1, 0.15) is 0 Å². The van der Waals surface area contributed by atoms with Gasteiger partial charge in [0.25, 0.3) is 0 Å². The number of carbonyl (C=O) groups excluding carboxylic acids is 1. The van der Waals surface area contributed by atoms with E-state index in [1.807, 2.05) is 11.3 Å². The zero-order valence-electron chi connectivity index (χ0n) is 13.3. The van der Waals surface area contributed by atoms with Crippen molar-refractivity contribution in [3.63, 3.8) is 0 Å². The number of amides is 1. The van der Waals surface area contributed by atoms with Crippen molar-refractivity contribution in [2.45, 2.75) is 58.5 Å². The molecule has 1 amide bonds. The van der Waals surface area contributed by atoms with Crippen molar-refractivity contribution in [1.82, 2.24) is 10.2 Å². The Balaban J connectivity index is 1.84. The third-order valence-electron chi connectivity index (χ3n) is 5.14. The van der Waals surface area contributed by atoms with Gasteiger partial charge in [-0.2, -0.15) is 0 Å². The third-order valence-corrected chi connectivity index (χ3v) is 6.14. The van der Waals surface area contributed by atoms with Gasteiger partial charge in [0, 0.05) is 11.4 Å². The minimum Gasteiger partial charge on any atom is -0.334 e. The SMILES string of the molecule is CCC1c2ccsc2CCN1C(=O)C1NCCCC1(C)C. The molecule has 3 rings (SSSR count). The first-order valence-electron chi connectivity index (χ1n) is 8.14. The van der Waals surface area contributed by atoms with E-state index in [4.69, 9.17) is 0 Å². The highest BCUT2D eigenvalue weighted by molar-refractivity contribution is 7.10. The summed E-state index contributed by atoms with van der Waals surface area (Å²) in [6, 6.07) is 2.46. The first-order valence-corrected chi connectivity index (χ1v) is 9.02. The molecule has 0 saturated carbocycles. The van der Waals surface area contributed by atoms with Crippen molar-refractivity contribution in [3.05, 3.63) is 21.9 Å². The molecule has 3 heterocycles. The van der Waals surface area contributed by atoms with E-state index in [0.717, 1.165) is 32.4 Å². The molecule has 1 N–H and O–H groups in total. The van der Waals surface area contributed by atoms with Crippen LogP contribution in [-0.2, 0) is 11.2 Å². The predicted octanol–water partition coefficient (Wildman–Crippen LogP) is 3.36. The number of hydrogen-bond donors (Lipinski definition) is 1. The summed E-state index contributed by atoms with van der Waals surface area (Å²) in [5.41, 5.74) is 1.44. The Labute approximate surface area is 131 Å². The van der Waals surface area contributed by atoms with Gasteiger partial charge < -0.3 is 10.2 Å². The molecule has 0 aromatic carbocycles. The molecule has 21 heavy (non-hydrogen) atoms. The number of rotatable bonds is 2. The number of piperidine rings is 1. The fraction of sp³-hybridized carbons (Fsp3) is 0.706. The Morgan fingerprint density at radius 1 is 1.52 bits per heavy atom. The van der Waals surface area contributed by atoms with Gasteiger partial charge in [-0.3, -0.25) is 4.79 Å². The molecule has 1 saturated heterocycles. The quantitative estimate of drug-likeness (QED) is 0.908. The molecule has 0 aliphatic carbocycles. The van der Waals surface area contributed by atoms with E-state index in [-0.39, 0.29) is 17.5 Å². The largest absolute Gasteiger partial charge is 0.334 e. The van der Waals surface area contributed by atoms with E-state index in [1.54, 1.807) is 0 Å². The van der Waals surface area contributed by atoms with Crippen molar-refractivity contribution >= 4 is 17.2 Å². The average Bonchev–Trinajstić information content (AvgIpc) is 2.93. The molecule has 116 valence electrons. The molecule has 0 radical (unpaired) electrons. The van der Waals surface area contributed by atoms with Crippen LogP contribution in [0.2, 0.25) is 0 Å². The highest BCUT2D eigenvalue weighted by Crippen LogP contribution is 2.38. The lowest BCUT2D eigenvalue weighted by Gasteiger charge is -2.44. The Bertz CT molecular complexity index is 523. The lowest BCUT2D eigenvalue weighted by atomic mass is 9.76. The molecule has 1 aromatic rings. The molecular weight excluding hydrogens is 280 g/mol. The van der Waals surface area contributed by atoms with Gasteiger partial charge in [-0.15, -0.1) is 11.3 Å². The summed E-state index contributed by atoms with van der Waals surface area (Å²) in [6.45, 7) is 8.48. The second-order valence-electron chi connectivity index (χ2n) is 6.98. The predicted molar refractivity (Wildman–Crippen MR) is 87.6 cm³/mol. The van der Waals surface area contributed by atoms with Crippen molar-refractivity contribution in [1.29, 1.82) is 0 Å². The normalized spacial score (nSPS) is 28.2. The molecule has 4 heteroatoms. The molecule has 3 nitrogen and oxygen atoms in total. The molecule has 2 atom stereocenters. The van der Waals surface area contributed by atoms with Gasteiger partial charge in [0.15, 0.2) is 0 Å². The van der Waals surface area contributed by atoms with Gasteiger partial charge in [-0.1, -0.05) is 20.8 Å². The fourth-order valence-electron chi connectivity index (χ4n) is 3.90. The molecule has 1 fully saturated rings. The topological polar surface area (TPSA) is 32.3 Å². The first-order chi connectivity index (χ1) is 10.0. The van der Waals surface area contributed by atoms with Crippen LogP contribution >= 0.6 is 11.3 Å². The van der Waals surface area contributed by atoms with Crippen LogP contribution in [0, 0.1) is 5.41 Å². The number of nitrogens with one attached hydrogen (secondary N) is 1. The monoisotopic (exact) mass is 306 g/mol. The maximum absolute atomic E-state index is 13.1. The van der Waals surface area contributed by atoms with E-state index >= 15 is 0 Å². The van der Waals surface area contributed by atoms with Gasteiger partial charge in [-0.05, 0) is 54.7 Å². The van der Waals surface area contributed by atoms with E-state index < -0.39 is 0 Å². The van der Waals surface area contributed by atoms with Crippen LogP contribution in [0.5, 0.6) is 0 Å². The summed E-state index contributed by atoms with van der Waals surface area (Å²) >= 11 is 1.84. The van der Waals surface area contributed by atoms with E-state index in [1.165, 1.54) is 16.9 Å². The third kappa shape index (κ3) is 2.64. The summed E-state index contributed by atoms with van der Waals surface area (Å²) in [7, 11) is 0. The van der Waals surface area contributed by atoms with Crippen LogP contribution in [0.1, 0.15) is 56.5 Å². The summed E-state index contributed by atoms with van der Waals surface area (Å²) in [5.74, 6) is 0.309. The number of hydrogen-bond acceptors (Lipinski definition) is 3. The molecule has 2 aliphatic rings. The van der Waals surface area contributed by atoms with Crippen LogP contribution in [-0.4, -0.2) is 29.9 Å². The molecule has 1 aromatic heterocycles. The molecule has 0 spiro atoms. The Morgan fingerprint density at radius 3 is 3.05 bits per heavy atom. The van der Waals surface area contributed by atoms with Crippen molar-refractivity contribution in [3.8, 4) is 0 Å². The van der Waals surface area contributed by atoms with Gasteiger partial charge in [0.05, 0.1) is 12.1 Å². The fourth-order valence-corrected chi connectivity index (χ4v) is 4.83. The van der Waals surface area contributed by atoms with E-state index in [2.05, 4.69) is 42.4 Å². The zero-order valence-corrected chi connectivity index (χ0v) is 14.1. The molecular formula is C17H26N2OS. The van der Waals surface area contributed by atoms with Gasteiger partial charge in [-0.25, -0.2) is 0 Å². The number of fused-ring (bicyclic) bond motifs is 1. The maximum Gasteiger partial charge on any atom is 0.240 e. The van der Waals surface area contributed by atoms with Crippen LogP contribution in [0.4, 0.5) is 0 Å². The van der Waals surface area contributed by atoms with Crippen LogP contribution in [0.3, 0.4) is 0 Å². The summed E-state index contributed by atoms with van der Waals surface area (Å²) < 4.78 is 0. The molecule has 2 aliphatic heterocycles. The number of thiophene rings is 1. The minimum absolute atomic E-state index is 0.0273. The van der Waals surface area contributed by atoms with Crippen molar-refractivity contribution in [2.75, 3.05) is 13.1 Å². The highest BCUT2D eigenvalue weighted by atomic mass is 32.1. The second kappa shape index (κ2) is 5.73. The zero-order chi connectivity index (χ0) is 15.0. The second-order valence-corrected chi connectivity index (χ2v) is 7.98. The minimum atomic E-state index is -0.0273. The maximum atomic E-state index is 13.1. The summed E-state index contributed by atoms with van der Waals surface area (Å²) in [6.07, 6.45) is 4.32. The number of carbonyl (C=O) groups is 1. The Hall–Kier alpha value is -0.870. The van der Waals surface area contributed by atoms with Crippen LogP contribution in [0.15, 0.2) is 11.4 Å². The lowest BCUT2D eigenvalue weighted by molar-refractivity contribution is -0.140. The Kier molecular flexibility index (Phi) is 4.10. The Morgan fingerprint density at radius 2 is 2.33 bits per heavy atom. The highest BCUT2D eigenvalue weighted by Gasteiger charge is 2.42. The smallest absolute Gasteiger partial charge is 0.240 e. The summed E-state index contributed by atoms with van der Waals surface area (Å²) in [5, 5.41) is 5.65. The van der Waals surface area contributed by atoms with Gasteiger partial charge in [0.2, 0.25) is 5.91 Å². The summed E-state index contributed by atoms with van der Waals surface area (Å²) in [4.78, 5) is 16.7. The molecule has 0 bridgehead atoms. The van der Waals surface area contributed by atoms with Crippen molar-refractivity contribution in [2.24, 2.45) is 5.41 Å². The number of nitrogens with zero attached hydrogens (tertiary/aromatic N) is 1. The lowest BCUT2D eigenvalue weighted by Crippen LogP contribution is -2.57. The van der Waals surface area contributed by atoms with Gasteiger partial charge >= 0.3 is 0 Å². The molecule has 2 unspecified atom stereocenters. The van der Waals surface area contributed by atoms with E-state index in [0.29, 0.717) is 5.91 Å². The standard InChI is InChI=1S/C17H26N2OS/c1-4-13-12-7-11-21-14(12)6-10-19(13)16(20)15-17(2,3)8-5-9-18-15/h7,11,13,15,18H,4-6,8-10H2,1-3H3. The van der Waals surface area contributed by atoms with Crippen LogP contribution in [0.25, 0.3) is 0 Å². The van der Waals surface area contributed by atoms with Crippen molar-refractivity contribution < 1.29 is 4.79 Å².